The maximum atomic E-state index is 14.8. The monoisotopic (exact) mass is 416 g/mol. The van der Waals surface area contributed by atoms with Gasteiger partial charge in [-0.15, -0.1) is 0 Å². The van der Waals surface area contributed by atoms with Gasteiger partial charge in [0, 0.05) is 49.2 Å². The molecule has 3 aromatic rings. The van der Waals surface area contributed by atoms with Gasteiger partial charge in [0.2, 0.25) is 0 Å². The Kier molecular flexibility index (Phi) is 5.72. The molecule has 0 aliphatic carbocycles. The fourth-order valence-electron chi connectivity index (χ4n) is 4.11. The summed E-state index contributed by atoms with van der Waals surface area (Å²) in [4.78, 5) is 2.07. The zero-order valence-electron chi connectivity index (χ0n) is 16.9. The molecule has 1 aliphatic rings. The molecular weight excluding hydrogens is 393 g/mol. The number of rotatable bonds is 5. The average molecular weight is 416 g/mol. The smallest absolute Gasteiger partial charge is 0.161 e. The second kappa shape index (κ2) is 8.44. The average Bonchev–Trinajstić information content (AvgIpc) is 3.12. The first-order valence-electron chi connectivity index (χ1n) is 9.75. The van der Waals surface area contributed by atoms with Gasteiger partial charge in [0.25, 0.3) is 0 Å². The van der Waals surface area contributed by atoms with Crippen molar-refractivity contribution in [2.24, 2.45) is 0 Å². The van der Waals surface area contributed by atoms with E-state index in [-0.39, 0.29) is 5.56 Å². The van der Waals surface area contributed by atoms with E-state index in [0.717, 1.165) is 30.3 Å². The Balaban J connectivity index is 1.79. The predicted octanol–water partition coefficient (Wildman–Crippen LogP) is 4.92. The minimum absolute atomic E-state index is 0.116. The number of aromatic nitrogens is 1. The van der Waals surface area contributed by atoms with Crippen LogP contribution in [0.3, 0.4) is 0 Å². The van der Waals surface area contributed by atoms with Gasteiger partial charge in [-0.2, -0.15) is 0 Å². The Morgan fingerprint density at radius 2 is 1.60 bits per heavy atom. The molecule has 2 heterocycles. The summed E-state index contributed by atoms with van der Waals surface area (Å²) in [6.07, 6.45) is 2.77. The standard InChI is InChI=1S/C23H23F3N2O2/c1-29-16-9-15(10-17(11-16)30-2)14-28-8-4-7-27-6-3-5-22(27)23(28)18-12-20(25)21(26)13-19(18)24/h3,5-6,9-13,23H,4,7-8,14H2,1-2H3. The molecule has 1 unspecified atom stereocenters. The van der Waals surface area contributed by atoms with Crippen molar-refractivity contribution in [2.45, 2.75) is 25.6 Å². The van der Waals surface area contributed by atoms with Crippen LogP contribution in [0.15, 0.2) is 48.7 Å². The minimum Gasteiger partial charge on any atom is -0.497 e. The van der Waals surface area contributed by atoms with Crippen LogP contribution in [-0.2, 0) is 13.1 Å². The lowest BCUT2D eigenvalue weighted by Crippen LogP contribution is -2.30. The van der Waals surface area contributed by atoms with Crippen molar-refractivity contribution in [2.75, 3.05) is 20.8 Å². The van der Waals surface area contributed by atoms with E-state index in [2.05, 4.69) is 4.90 Å². The van der Waals surface area contributed by atoms with Crippen molar-refractivity contribution < 1.29 is 22.6 Å². The number of methoxy groups -OCH3 is 2. The van der Waals surface area contributed by atoms with Crippen LogP contribution < -0.4 is 9.47 Å². The van der Waals surface area contributed by atoms with Crippen LogP contribution in [0.2, 0.25) is 0 Å². The maximum Gasteiger partial charge on any atom is 0.161 e. The van der Waals surface area contributed by atoms with E-state index in [4.69, 9.17) is 9.47 Å². The Hall–Kier alpha value is -2.93. The SMILES string of the molecule is COc1cc(CN2CCCn3cccc3C2c2cc(F)c(F)cc2F)cc(OC)c1. The Bertz CT molecular complexity index is 1030. The summed E-state index contributed by atoms with van der Waals surface area (Å²) in [5.41, 5.74) is 1.87. The largest absolute Gasteiger partial charge is 0.497 e. The quantitative estimate of drug-likeness (QED) is 0.553. The summed E-state index contributed by atoms with van der Waals surface area (Å²) >= 11 is 0. The number of hydrogen-bond donors (Lipinski definition) is 0. The summed E-state index contributed by atoms with van der Waals surface area (Å²) in [5.74, 6) is -1.71. The molecular formula is C23H23F3N2O2. The Morgan fingerprint density at radius 1 is 0.900 bits per heavy atom. The highest BCUT2D eigenvalue weighted by atomic mass is 19.2. The molecule has 0 bridgehead atoms. The first-order chi connectivity index (χ1) is 14.5. The molecule has 2 aromatic carbocycles. The Morgan fingerprint density at radius 3 is 2.30 bits per heavy atom. The van der Waals surface area contributed by atoms with Crippen molar-refractivity contribution in [3.63, 3.8) is 0 Å². The fraction of sp³-hybridized carbons (Fsp3) is 0.304. The van der Waals surface area contributed by atoms with Crippen molar-refractivity contribution in [1.82, 2.24) is 9.47 Å². The third-order valence-electron chi connectivity index (χ3n) is 5.49. The molecule has 0 saturated carbocycles. The Labute approximate surface area is 173 Å². The van der Waals surface area contributed by atoms with Crippen LogP contribution in [0.25, 0.3) is 0 Å². The number of fused-ring (bicyclic) bond motifs is 1. The van der Waals surface area contributed by atoms with E-state index in [1.807, 2.05) is 35.0 Å². The lowest BCUT2D eigenvalue weighted by atomic mass is 10.00. The fourth-order valence-corrected chi connectivity index (χ4v) is 4.11. The van der Waals surface area contributed by atoms with Crippen LogP contribution in [0.5, 0.6) is 11.5 Å². The molecule has 0 amide bonds. The molecule has 4 nitrogen and oxygen atoms in total. The van der Waals surface area contributed by atoms with Gasteiger partial charge < -0.3 is 14.0 Å². The van der Waals surface area contributed by atoms with Crippen molar-refractivity contribution >= 4 is 0 Å². The number of nitrogens with zero attached hydrogens (tertiary/aromatic N) is 2. The molecule has 0 N–H and O–H groups in total. The highest BCUT2D eigenvalue weighted by Gasteiger charge is 2.30. The molecule has 1 aromatic heterocycles. The highest BCUT2D eigenvalue weighted by molar-refractivity contribution is 5.39. The number of benzene rings is 2. The van der Waals surface area contributed by atoms with Gasteiger partial charge in [-0.25, -0.2) is 13.2 Å². The number of halogens is 3. The summed E-state index contributed by atoms with van der Waals surface area (Å²) < 4.78 is 55.2. The van der Waals surface area contributed by atoms with E-state index in [1.54, 1.807) is 20.3 Å². The van der Waals surface area contributed by atoms with E-state index in [9.17, 15) is 13.2 Å². The molecule has 1 atom stereocenters. The zero-order chi connectivity index (χ0) is 21.3. The molecule has 0 radical (unpaired) electrons. The van der Waals surface area contributed by atoms with E-state index < -0.39 is 23.5 Å². The summed E-state index contributed by atoms with van der Waals surface area (Å²) in [6.45, 7) is 1.88. The second-order valence-corrected chi connectivity index (χ2v) is 7.36. The molecule has 0 saturated heterocycles. The summed E-state index contributed by atoms with van der Waals surface area (Å²) in [6, 6.07) is 10.4. The number of hydrogen-bond acceptors (Lipinski definition) is 3. The predicted molar refractivity (Wildman–Crippen MR) is 107 cm³/mol. The van der Waals surface area contributed by atoms with Crippen LogP contribution in [-0.4, -0.2) is 30.2 Å². The third kappa shape index (κ3) is 3.89. The van der Waals surface area contributed by atoms with Gasteiger partial charge in [0.05, 0.1) is 20.3 Å². The lowest BCUT2D eigenvalue weighted by molar-refractivity contribution is 0.215. The van der Waals surface area contributed by atoms with Gasteiger partial charge in [0.15, 0.2) is 11.6 Å². The van der Waals surface area contributed by atoms with E-state index in [0.29, 0.717) is 30.7 Å². The topological polar surface area (TPSA) is 26.6 Å². The highest BCUT2D eigenvalue weighted by Crippen LogP contribution is 2.36. The molecule has 1 aliphatic heterocycles. The normalized spacial score (nSPS) is 16.8. The molecule has 4 rings (SSSR count). The van der Waals surface area contributed by atoms with Gasteiger partial charge in [-0.05, 0) is 42.3 Å². The van der Waals surface area contributed by atoms with Crippen LogP contribution in [0, 0.1) is 17.5 Å². The van der Waals surface area contributed by atoms with E-state index >= 15 is 0 Å². The minimum atomic E-state index is -1.19. The third-order valence-corrected chi connectivity index (χ3v) is 5.49. The molecule has 30 heavy (non-hydrogen) atoms. The molecule has 0 spiro atoms. The van der Waals surface area contributed by atoms with Crippen LogP contribution in [0.4, 0.5) is 13.2 Å². The summed E-state index contributed by atoms with van der Waals surface area (Å²) in [7, 11) is 3.16. The number of aryl methyl sites for hydroxylation is 1. The first-order valence-corrected chi connectivity index (χ1v) is 9.75. The summed E-state index contributed by atoms with van der Waals surface area (Å²) in [5, 5.41) is 0. The van der Waals surface area contributed by atoms with Gasteiger partial charge >= 0.3 is 0 Å². The molecule has 0 fully saturated rings. The van der Waals surface area contributed by atoms with Gasteiger partial charge in [-0.1, -0.05) is 0 Å². The van der Waals surface area contributed by atoms with Crippen LogP contribution >= 0.6 is 0 Å². The van der Waals surface area contributed by atoms with Crippen molar-refractivity contribution in [3.8, 4) is 11.5 Å². The lowest BCUT2D eigenvalue weighted by Gasteiger charge is -2.31. The number of ether oxygens (including phenoxy) is 2. The molecule has 158 valence electrons. The molecule has 7 heteroatoms. The van der Waals surface area contributed by atoms with Crippen molar-refractivity contribution in [1.29, 1.82) is 0 Å². The second-order valence-electron chi connectivity index (χ2n) is 7.36. The zero-order valence-corrected chi connectivity index (χ0v) is 16.9. The van der Waals surface area contributed by atoms with E-state index in [1.165, 1.54) is 0 Å². The maximum absolute atomic E-state index is 14.8. The van der Waals surface area contributed by atoms with Crippen LogP contribution in [0.1, 0.15) is 29.3 Å². The van der Waals surface area contributed by atoms with Crippen molar-refractivity contribution in [3.05, 3.63) is 82.9 Å². The van der Waals surface area contributed by atoms with Gasteiger partial charge in [0.1, 0.15) is 17.3 Å². The van der Waals surface area contributed by atoms with Gasteiger partial charge in [-0.3, -0.25) is 4.90 Å². The first kappa shape index (κ1) is 20.3.